The molecule has 6 aromatic carbocycles. The third kappa shape index (κ3) is 5.16. The molecule has 1 aliphatic carbocycles. The van der Waals surface area contributed by atoms with E-state index < -0.39 is 0 Å². The fourth-order valence-electron chi connectivity index (χ4n) is 7.57. The normalized spacial score (nSPS) is 16.1. The van der Waals surface area contributed by atoms with Gasteiger partial charge in [-0.3, -0.25) is 0 Å². The molecule has 4 nitrogen and oxygen atoms in total. The average molecular weight is 685 g/mol. The number of pyridine rings is 1. The van der Waals surface area contributed by atoms with E-state index in [1.54, 1.807) is 0 Å². The minimum absolute atomic E-state index is 0.0359. The van der Waals surface area contributed by atoms with Gasteiger partial charge in [0.15, 0.2) is 17.5 Å². The predicted octanol–water partition coefficient (Wildman–Crippen LogP) is 12.1. The number of fused-ring (bicyclic) bond motifs is 6. The second-order valence-electron chi connectivity index (χ2n) is 13.6. The van der Waals surface area contributed by atoms with Crippen LogP contribution >= 0.6 is 11.8 Å². The first-order valence-corrected chi connectivity index (χ1v) is 18.4. The SMILES string of the molecule is CC12CC=CC=C1c1c(c(-c3cccc4ccccc34)nc3ccc(-c4ccc(-c5nc(-c6ccccc6)nc(-c6ccccc6)n5)cc4)cc13)S2. The topological polar surface area (TPSA) is 51.6 Å². The number of aromatic nitrogens is 4. The summed E-state index contributed by atoms with van der Waals surface area (Å²) in [5, 5.41) is 3.65. The second kappa shape index (κ2) is 12.3. The Balaban J connectivity index is 1.09. The molecule has 0 radical (unpaired) electrons. The highest BCUT2D eigenvalue weighted by molar-refractivity contribution is 8.01. The molecule has 8 aromatic rings. The van der Waals surface area contributed by atoms with E-state index in [1.165, 1.54) is 37.8 Å². The van der Waals surface area contributed by atoms with Gasteiger partial charge in [0.25, 0.3) is 0 Å². The van der Waals surface area contributed by atoms with E-state index in [0.29, 0.717) is 17.5 Å². The molecule has 52 heavy (non-hydrogen) atoms. The van der Waals surface area contributed by atoms with E-state index in [9.17, 15) is 0 Å². The highest BCUT2D eigenvalue weighted by Gasteiger charge is 2.42. The first-order valence-electron chi connectivity index (χ1n) is 17.6. The summed E-state index contributed by atoms with van der Waals surface area (Å²) in [4.78, 5) is 21.4. The number of allylic oxidation sites excluding steroid dienone is 3. The summed E-state index contributed by atoms with van der Waals surface area (Å²) in [6.07, 6.45) is 7.82. The van der Waals surface area contributed by atoms with Crippen molar-refractivity contribution in [2.24, 2.45) is 0 Å². The Hall–Kier alpha value is -6.17. The third-order valence-corrected chi connectivity index (χ3v) is 11.7. The monoisotopic (exact) mass is 684 g/mol. The molecule has 2 aliphatic rings. The van der Waals surface area contributed by atoms with Crippen LogP contribution in [0.4, 0.5) is 0 Å². The van der Waals surface area contributed by atoms with E-state index in [-0.39, 0.29) is 4.75 Å². The van der Waals surface area contributed by atoms with Crippen LogP contribution in [-0.4, -0.2) is 24.7 Å². The smallest absolute Gasteiger partial charge is 0.164 e. The minimum atomic E-state index is -0.0359. The second-order valence-corrected chi connectivity index (χ2v) is 15.1. The van der Waals surface area contributed by atoms with Gasteiger partial charge in [0, 0.05) is 42.8 Å². The van der Waals surface area contributed by atoms with Crippen LogP contribution in [0.15, 0.2) is 169 Å². The number of nitrogens with zero attached hydrogens (tertiary/aromatic N) is 4. The molecule has 1 aliphatic heterocycles. The molecule has 1 atom stereocenters. The van der Waals surface area contributed by atoms with Crippen LogP contribution < -0.4 is 0 Å². The van der Waals surface area contributed by atoms with Crippen molar-refractivity contribution in [3.63, 3.8) is 0 Å². The lowest BCUT2D eigenvalue weighted by Gasteiger charge is -2.26. The van der Waals surface area contributed by atoms with Crippen LogP contribution in [0.3, 0.4) is 0 Å². The molecule has 2 aromatic heterocycles. The highest BCUT2D eigenvalue weighted by atomic mass is 32.2. The highest BCUT2D eigenvalue weighted by Crippen LogP contribution is 2.60. The molecule has 246 valence electrons. The van der Waals surface area contributed by atoms with Crippen molar-refractivity contribution in [2.45, 2.75) is 23.0 Å². The summed E-state index contributed by atoms with van der Waals surface area (Å²) >= 11 is 1.97. The van der Waals surface area contributed by atoms with E-state index in [2.05, 4.69) is 110 Å². The minimum Gasteiger partial charge on any atom is -0.247 e. The Labute approximate surface area is 306 Å². The van der Waals surface area contributed by atoms with Gasteiger partial charge in [0.05, 0.1) is 11.2 Å². The number of thioether (sulfide) groups is 1. The maximum atomic E-state index is 5.42. The fourth-order valence-corrected chi connectivity index (χ4v) is 9.05. The molecule has 5 heteroatoms. The van der Waals surface area contributed by atoms with Gasteiger partial charge >= 0.3 is 0 Å². The molecular formula is C47H32N4S. The van der Waals surface area contributed by atoms with Crippen LogP contribution in [0.25, 0.3) is 83.8 Å². The van der Waals surface area contributed by atoms with E-state index in [4.69, 9.17) is 19.9 Å². The Morgan fingerprint density at radius 2 is 1.13 bits per heavy atom. The molecule has 10 rings (SSSR count). The van der Waals surface area contributed by atoms with Gasteiger partial charge in [-0.25, -0.2) is 19.9 Å². The van der Waals surface area contributed by atoms with Gasteiger partial charge in [-0.2, -0.15) is 0 Å². The molecule has 0 spiro atoms. The Morgan fingerprint density at radius 3 is 1.85 bits per heavy atom. The van der Waals surface area contributed by atoms with Crippen LogP contribution in [0, 0.1) is 0 Å². The van der Waals surface area contributed by atoms with Crippen LogP contribution in [0.2, 0.25) is 0 Å². The zero-order valence-corrected chi connectivity index (χ0v) is 29.3. The molecule has 3 heterocycles. The lowest BCUT2D eigenvalue weighted by Crippen LogP contribution is -2.18. The zero-order chi connectivity index (χ0) is 34.6. The van der Waals surface area contributed by atoms with Crippen molar-refractivity contribution >= 4 is 39.0 Å². The largest absolute Gasteiger partial charge is 0.247 e. The Kier molecular flexibility index (Phi) is 7.22. The molecule has 0 fully saturated rings. The fraction of sp³-hybridized carbons (Fsp3) is 0.0638. The van der Waals surface area contributed by atoms with Gasteiger partial charge in [-0.15, -0.1) is 11.8 Å². The summed E-state index contributed by atoms with van der Waals surface area (Å²) in [6, 6.07) is 50.7. The van der Waals surface area contributed by atoms with Gasteiger partial charge in [-0.05, 0) is 52.9 Å². The molecule has 0 amide bonds. The number of rotatable bonds is 5. The maximum absolute atomic E-state index is 5.42. The molecule has 0 N–H and O–H groups in total. The number of hydrogen-bond acceptors (Lipinski definition) is 5. The average Bonchev–Trinajstić information content (AvgIpc) is 3.54. The van der Waals surface area contributed by atoms with Crippen molar-refractivity contribution in [1.82, 2.24) is 19.9 Å². The van der Waals surface area contributed by atoms with E-state index in [1.807, 2.05) is 72.4 Å². The Morgan fingerprint density at radius 1 is 0.538 bits per heavy atom. The molecule has 0 saturated carbocycles. The van der Waals surface area contributed by atoms with Crippen LogP contribution in [0.5, 0.6) is 0 Å². The first kappa shape index (κ1) is 30.6. The number of hydrogen-bond donors (Lipinski definition) is 0. The molecule has 1 unspecified atom stereocenters. The summed E-state index contributed by atoms with van der Waals surface area (Å²) in [5.41, 5.74) is 11.1. The lowest BCUT2D eigenvalue weighted by atomic mass is 9.85. The molecule has 0 saturated heterocycles. The van der Waals surface area contributed by atoms with E-state index >= 15 is 0 Å². The standard InChI is InChI=1S/C47H32N4S/c1-47-28-11-10-21-39(47)41-38-29-35(26-27-40(38)48-42(43(41)52-47)37-20-12-18-31-13-8-9-19-36(31)37)30-22-24-34(25-23-30)46-50-44(32-14-4-2-5-15-32)49-45(51-46)33-16-6-3-7-17-33/h2-27,29H,28H2,1H3. The first-order chi connectivity index (χ1) is 25.6. The van der Waals surface area contributed by atoms with Crippen molar-refractivity contribution in [3.8, 4) is 56.5 Å². The van der Waals surface area contributed by atoms with E-state index in [0.717, 1.165) is 45.4 Å². The van der Waals surface area contributed by atoms with Gasteiger partial charge in [0.2, 0.25) is 0 Å². The summed E-state index contributed by atoms with van der Waals surface area (Å²) in [7, 11) is 0. The lowest BCUT2D eigenvalue weighted by molar-refractivity contribution is 0.830. The maximum Gasteiger partial charge on any atom is 0.164 e. The van der Waals surface area contributed by atoms with Crippen molar-refractivity contribution in [3.05, 3.63) is 169 Å². The van der Waals surface area contributed by atoms with Gasteiger partial charge < -0.3 is 0 Å². The van der Waals surface area contributed by atoms with Crippen molar-refractivity contribution in [1.29, 1.82) is 0 Å². The summed E-state index contributed by atoms with van der Waals surface area (Å²) in [5.74, 6) is 1.96. The summed E-state index contributed by atoms with van der Waals surface area (Å²) < 4.78 is -0.0359. The quantitative estimate of drug-likeness (QED) is 0.181. The summed E-state index contributed by atoms with van der Waals surface area (Å²) in [6.45, 7) is 2.38. The zero-order valence-electron chi connectivity index (χ0n) is 28.5. The van der Waals surface area contributed by atoms with Crippen LogP contribution in [-0.2, 0) is 0 Å². The Bertz CT molecular complexity index is 2670. The van der Waals surface area contributed by atoms with Crippen molar-refractivity contribution < 1.29 is 0 Å². The van der Waals surface area contributed by atoms with Gasteiger partial charge in [0.1, 0.15) is 0 Å². The molecular weight excluding hydrogens is 653 g/mol. The third-order valence-electron chi connectivity index (χ3n) is 10.2. The molecule has 0 bridgehead atoms. The van der Waals surface area contributed by atoms with Crippen molar-refractivity contribution in [2.75, 3.05) is 0 Å². The predicted molar refractivity (Wildman–Crippen MR) is 216 cm³/mol. The number of benzene rings is 6. The van der Waals surface area contributed by atoms with Gasteiger partial charge in [-0.1, -0.05) is 152 Å². The van der Waals surface area contributed by atoms with Crippen LogP contribution in [0.1, 0.15) is 18.9 Å².